The predicted molar refractivity (Wildman–Crippen MR) is 113 cm³/mol. The highest BCUT2D eigenvalue weighted by Crippen LogP contribution is 2.24. The van der Waals surface area contributed by atoms with Crippen molar-refractivity contribution in [1.29, 1.82) is 0 Å². The minimum atomic E-state index is 0.428. The molecule has 4 rings (SSSR count). The van der Waals surface area contributed by atoms with Gasteiger partial charge in [-0.1, -0.05) is 30.3 Å². The van der Waals surface area contributed by atoms with Crippen LogP contribution in [0.1, 0.15) is 24.1 Å². The number of hydrogen-bond donors (Lipinski definition) is 0. The molecule has 0 N–H and O–H groups in total. The summed E-state index contributed by atoms with van der Waals surface area (Å²) in [7, 11) is 2.20. The molecule has 28 heavy (non-hydrogen) atoms. The zero-order chi connectivity index (χ0) is 19.3. The van der Waals surface area contributed by atoms with Crippen LogP contribution in [-0.4, -0.2) is 79.2 Å². The molecule has 0 radical (unpaired) electrons. The molecule has 2 aliphatic heterocycles. The first kappa shape index (κ1) is 19.5. The highest BCUT2D eigenvalue weighted by Gasteiger charge is 2.18. The maximum Gasteiger partial charge on any atom is 0.0702 e. The molecule has 2 aliphatic rings. The van der Waals surface area contributed by atoms with Crippen LogP contribution in [0.25, 0.3) is 11.3 Å². The Bertz CT molecular complexity index is 732. The zero-order valence-electron chi connectivity index (χ0n) is 17.2. The number of hydrogen-bond acceptors (Lipinski definition) is 5. The van der Waals surface area contributed by atoms with Crippen molar-refractivity contribution in [3.8, 4) is 11.3 Å². The van der Waals surface area contributed by atoms with Crippen molar-refractivity contribution in [1.82, 2.24) is 19.7 Å². The molecule has 2 aromatic rings. The monoisotopic (exact) mass is 380 g/mol. The largest absolute Gasteiger partial charge is 0.379 e. The lowest BCUT2D eigenvalue weighted by Gasteiger charge is -2.32. The topological polar surface area (TPSA) is 31.8 Å². The van der Waals surface area contributed by atoms with Gasteiger partial charge < -0.3 is 9.64 Å². The van der Waals surface area contributed by atoms with Gasteiger partial charge in [0.05, 0.1) is 18.9 Å². The number of morpholine rings is 1. The molecule has 1 atom stereocenters. The molecular formula is C23H32N4O. The first-order valence-corrected chi connectivity index (χ1v) is 10.5. The molecular weight excluding hydrogens is 348 g/mol. The van der Waals surface area contributed by atoms with Gasteiger partial charge in [-0.05, 0) is 31.2 Å². The van der Waals surface area contributed by atoms with Crippen LogP contribution in [0.4, 0.5) is 0 Å². The third-order valence-corrected chi connectivity index (χ3v) is 6.11. The summed E-state index contributed by atoms with van der Waals surface area (Å²) in [5.41, 5.74) is 4.89. The third-order valence-electron chi connectivity index (χ3n) is 6.11. The number of ether oxygens (including phenoxy) is 1. The van der Waals surface area contributed by atoms with E-state index in [0.717, 1.165) is 64.7 Å². The number of rotatable bonds is 5. The van der Waals surface area contributed by atoms with Gasteiger partial charge in [-0.15, -0.1) is 0 Å². The predicted octanol–water partition coefficient (Wildman–Crippen LogP) is 2.89. The van der Waals surface area contributed by atoms with Gasteiger partial charge in [-0.3, -0.25) is 14.8 Å². The van der Waals surface area contributed by atoms with Gasteiger partial charge in [-0.2, -0.15) is 0 Å². The van der Waals surface area contributed by atoms with Gasteiger partial charge in [0.2, 0.25) is 0 Å². The van der Waals surface area contributed by atoms with E-state index >= 15 is 0 Å². The van der Waals surface area contributed by atoms with E-state index in [9.17, 15) is 0 Å². The van der Waals surface area contributed by atoms with Crippen LogP contribution in [0.5, 0.6) is 0 Å². The normalized spacial score (nSPS) is 20.9. The molecule has 0 aliphatic carbocycles. The molecule has 5 heteroatoms. The Hall–Kier alpha value is -1.79. The van der Waals surface area contributed by atoms with Crippen molar-refractivity contribution in [2.45, 2.75) is 19.5 Å². The number of pyridine rings is 1. The summed E-state index contributed by atoms with van der Waals surface area (Å²) in [4.78, 5) is 12.1. The molecule has 2 fully saturated rings. The van der Waals surface area contributed by atoms with Crippen LogP contribution in [0, 0.1) is 0 Å². The molecule has 150 valence electrons. The van der Waals surface area contributed by atoms with E-state index in [1.165, 1.54) is 16.7 Å². The number of nitrogens with zero attached hydrogens (tertiary/aromatic N) is 4. The molecule has 0 spiro atoms. The number of aromatic nitrogens is 1. The van der Waals surface area contributed by atoms with Crippen molar-refractivity contribution in [2.24, 2.45) is 0 Å². The Balaban J connectivity index is 1.37. The third kappa shape index (κ3) is 4.78. The quantitative estimate of drug-likeness (QED) is 0.796. The van der Waals surface area contributed by atoms with E-state index < -0.39 is 0 Å². The van der Waals surface area contributed by atoms with Crippen LogP contribution < -0.4 is 0 Å². The highest BCUT2D eigenvalue weighted by molar-refractivity contribution is 5.59. The SMILES string of the molecule is CC(c1ccc(-c2ccc(CN3CCN(C)CC3)cn2)cc1)N1CCOCC1. The Morgan fingerprint density at radius 3 is 2.29 bits per heavy atom. The fraction of sp³-hybridized carbons (Fsp3) is 0.522. The summed E-state index contributed by atoms with van der Waals surface area (Å²) < 4.78 is 5.47. The summed E-state index contributed by atoms with van der Waals surface area (Å²) in [6, 6.07) is 13.7. The van der Waals surface area contributed by atoms with E-state index in [-0.39, 0.29) is 0 Å². The molecule has 5 nitrogen and oxygen atoms in total. The summed E-state index contributed by atoms with van der Waals surface area (Å²) >= 11 is 0. The number of likely N-dealkylation sites (N-methyl/N-ethyl adjacent to an activating group) is 1. The van der Waals surface area contributed by atoms with Crippen molar-refractivity contribution < 1.29 is 4.74 Å². The van der Waals surface area contributed by atoms with E-state index in [0.29, 0.717) is 6.04 Å². The maximum absolute atomic E-state index is 5.47. The summed E-state index contributed by atoms with van der Waals surface area (Å²) in [5.74, 6) is 0. The van der Waals surface area contributed by atoms with E-state index in [1.54, 1.807) is 0 Å². The minimum Gasteiger partial charge on any atom is -0.379 e. The summed E-state index contributed by atoms with van der Waals surface area (Å²) in [6.07, 6.45) is 2.04. The van der Waals surface area contributed by atoms with E-state index in [2.05, 4.69) is 65.1 Å². The Kier molecular flexibility index (Phi) is 6.37. The van der Waals surface area contributed by atoms with Gasteiger partial charge >= 0.3 is 0 Å². The molecule has 0 amide bonds. The van der Waals surface area contributed by atoms with Crippen LogP contribution in [0.2, 0.25) is 0 Å². The molecule has 0 saturated carbocycles. The van der Waals surface area contributed by atoms with Gasteiger partial charge in [0.1, 0.15) is 0 Å². The van der Waals surface area contributed by atoms with Gasteiger partial charge in [0.15, 0.2) is 0 Å². The summed E-state index contributed by atoms with van der Waals surface area (Å²) in [6.45, 7) is 11.6. The molecule has 3 heterocycles. The minimum absolute atomic E-state index is 0.428. The lowest BCUT2D eigenvalue weighted by molar-refractivity contribution is 0.0198. The van der Waals surface area contributed by atoms with Crippen LogP contribution in [0.15, 0.2) is 42.6 Å². The maximum atomic E-state index is 5.47. The number of piperazine rings is 1. The fourth-order valence-corrected chi connectivity index (χ4v) is 4.06. The van der Waals surface area contributed by atoms with Crippen molar-refractivity contribution in [3.63, 3.8) is 0 Å². The molecule has 1 unspecified atom stereocenters. The summed E-state index contributed by atoms with van der Waals surface area (Å²) in [5, 5.41) is 0. The van der Waals surface area contributed by atoms with Gasteiger partial charge in [0, 0.05) is 63.6 Å². The average molecular weight is 381 g/mol. The zero-order valence-corrected chi connectivity index (χ0v) is 17.2. The second kappa shape index (κ2) is 9.14. The van der Waals surface area contributed by atoms with Gasteiger partial charge in [-0.25, -0.2) is 0 Å². The second-order valence-electron chi connectivity index (χ2n) is 8.08. The van der Waals surface area contributed by atoms with E-state index in [1.807, 2.05) is 6.20 Å². The standard InChI is InChI=1S/C23H32N4O/c1-19(27-13-15-28-16-14-27)21-4-6-22(7-5-21)23-8-3-20(17-24-23)18-26-11-9-25(2)10-12-26/h3-8,17,19H,9-16,18H2,1-2H3. The van der Waals surface area contributed by atoms with E-state index in [4.69, 9.17) is 9.72 Å². The fourth-order valence-electron chi connectivity index (χ4n) is 4.06. The Morgan fingerprint density at radius 1 is 0.929 bits per heavy atom. The highest BCUT2D eigenvalue weighted by atomic mass is 16.5. The second-order valence-corrected chi connectivity index (χ2v) is 8.08. The number of benzene rings is 1. The first-order valence-electron chi connectivity index (χ1n) is 10.5. The van der Waals surface area contributed by atoms with Crippen LogP contribution >= 0.6 is 0 Å². The Labute approximate surface area is 168 Å². The van der Waals surface area contributed by atoms with Crippen LogP contribution in [0.3, 0.4) is 0 Å². The molecule has 0 bridgehead atoms. The van der Waals surface area contributed by atoms with Crippen molar-refractivity contribution in [2.75, 3.05) is 59.5 Å². The molecule has 2 saturated heterocycles. The molecule has 1 aromatic heterocycles. The Morgan fingerprint density at radius 2 is 1.64 bits per heavy atom. The lowest BCUT2D eigenvalue weighted by Crippen LogP contribution is -2.43. The van der Waals surface area contributed by atoms with Crippen molar-refractivity contribution in [3.05, 3.63) is 53.7 Å². The van der Waals surface area contributed by atoms with Crippen molar-refractivity contribution >= 4 is 0 Å². The smallest absolute Gasteiger partial charge is 0.0702 e. The molecule has 1 aromatic carbocycles. The van der Waals surface area contributed by atoms with Gasteiger partial charge in [0.25, 0.3) is 0 Å². The first-order chi connectivity index (χ1) is 13.7. The lowest BCUT2D eigenvalue weighted by atomic mass is 10.0. The van der Waals surface area contributed by atoms with Crippen LogP contribution in [-0.2, 0) is 11.3 Å². The average Bonchev–Trinajstić information content (AvgIpc) is 2.76.